The van der Waals surface area contributed by atoms with E-state index < -0.39 is 0 Å². The first kappa shape index (κ1) is 17.9. The third-order valence-electron chi connectivity index (χ3n) is 1.70. The molecule has 1 rings (SSSR count). The molecule has 0 N–H and O–H groups in total. The Kier molecular flexibility index (Phi) is 11.7. The Bertz CT molecular complexity index is 251. The van der Waals surface area contributed by atoms with E-state index >= 15 is 0 Å². The summed E-state index contributed by atoms with van der Waals surface area (Å²) in [5.74, 6) is 1.44. The van der Waals surface area contributed by atoms with Crippen LogP contribution in [-0.2, 0) is 0 Å². The van der Waals surface area contributed by atoms with Crippen LogP contribution in [0.1, 0.15) is 20.3 Å². The van der Waals surface area contributed by atoms with Crippen molar-refractivity contribution in [3.63, 3.8) is 0 Å². The third-order valence-corrected chi connectivity index (χ3v) is 1.93. The second kappa shape index (κ2) is 9.76. The van der Waals surface area contributed by atoms with E-state index in [1.165, 1.54) is 0 Å². The van der Waals surface area contributed by atoms with Gasteiger partial charge in [0.1, 0.15) is 0 Å². The quantitative estimate of drug-likeness (QED) is 0.570. The number of ether oxygens (including phenoxy) is 1. The predicted molar refractivity (Wildman–Crippen MR) is 61.0 cm³/mol. The maximum atomic E-state index is 5.71. The summed E-state index contributed by atoms with van der Waals surface area (Å²) in [4.78, 5) is 0. The van der Waals surface area contributed by atoms with Crippen molar-refractivity contribution >= 4 is 34.7 Å². The molecule has 0 spiro atoms. The maximum Gasteiger partial charge on any atom is 2.00 e. The van der Waals surface area contributed by atoms with E-state index in [4.69, 9.17) is 16.3 Å². The van der Waals surface area contributed by atoms with Crippen molar-refractivity contribution in [1.29, 1.82) is 0 Å². The van der Waals surface area contributed by atoms with Gasteiger partial charge in [-0.2, -0.15) is 23.7 Å². The number of hydrogen-bond acceptors (Lipinski definition) is 1. The van der Waals surface area contributed by atoms with Crippen molar-refractivity contribution in [2.45, 2.75) is 20.3 Å². The summed E-state index contributed by atoms with van der Waals surface area (Å²) in [6, 6.07) is 8.32. The van der Waals surface area contributed by atoms with Gasteiger partial charge >= 0.3 is 23.1 Å². The van der Waals surface area contributed by atoms with Gasteiger partial charge in [0, 0.05) is 5.75 Å². The first-order valence-electron chi connectivity index (χ1n) is 4.48. The van der Waals surface area contributed by atoms with E-state index in [0.717, 1.165) is 18.8 Å². The topological polar surface area (TPSA) is 9.23 Å². The van der Waals surface area contributed by atoms with Crippen molar-refractivity contribution in [2.24, 2.45) is 5.92 Å². The molecule has 4 heteroatoms. The van der Waals surface area contributed by atoms with Crippen LogP contribution in [-0.4, -0.2) is 29.7 Å². The number of benzene rings is 1. The molecule has 1 aromatic rings. The van der Waals surface area contributed by atoms with Crippen molar-refractivity contribution in [2.75, 3.05) is 6.61 Å². The number of halogens is 2. The average molecular weight is 302 g/mol. The SMILES string of the molecule is CC(C)CCOc1[c-]cc(Cl)cc1.[Br-].[Mg+2]. The van der Waals surface area contributed by atoms with Crippen LogP contribution in [0, 0.1) is 12.0 Å². The summed E-state index contributed by atoms with van der Waals surface area (Å²) in [6.45, 7) is 5.10. The Morgan fingerprint density at radius 3 is 2.53 bits per heavy atom. The molecule has 1 nitrogen and oxygen atoms in total. The summed E-state index contributed by atoms with van der Waals surface area (Å²) in [5.41, 5.74) is 0. The van der Waals surface area contributed by atoms with Crippen LogP contribution >= 0.6 is 11.6 Å². The van der Waals surface area contributed by atoms with Crippen molar-refractivity contribution < 1.29 is 21.7 Å². The Hall–Kier alpha value is 0.556. The van der Waals surface area contributed by atoms with Crippen molar-refractivity contribution in [1.82, 2.24) is 0 Å². The van der Waals surface area contributed by atoms with Crippen LogP contribution < -0.4 is 21.7 Å². The third kappa shape index (κ3) is 8.37. The smallest absolute Gasteiger partial charge is 1.00 e. The predicted octanol–water partition coefficient (Wildman–Crippen LogP) is 0.188. The second-order valence-electron chi connectivity index (χ2n) is 3.40. The van der Waals surface area contributed by atoms with Gasteiger partial charge in [0.15, 0.2) is 0 Å². The van der Waals surface area contributed by atoms with Gasteiger partial charge in [-0.1, -0.05) is 18.9 Å². The summed E-state index contributed by atoms with van der Waals surface area (Å²) < 4.78 is 5.46. The van der Waals surface area contributed by atoms with Gasteiger partial charge in [0.05, 0.1) is 6.61 Å². The molecule has 0 aromatic heterocycles. The second-order valence-corrected chi connectivity index (χ2v) is 3.84. The number of rotatable bonds is 4. The summed E-state index contributed by atoms with van der Waals surface area (Å²) in [7, 11) is 0. The molecule has 15 heavy (non-hydrogen) atoms. The zero-order chi connectivity index (χ0) is 9.68. The summed E-state index contributed by atoms with van der Waals surface area (Å²) in [5, 5.41) is 0.691. The van der Waals surface area contributed by atoms with Gasteiger partial charge < -0.3 is 21.7 Å². The Morgan fingerprint density at radius 2 is 2.07 bits per heavy atom. The van der Waals surface area contributed by atoms with Crippen LogP contribution in [0.3, 0.4) is 0 Å². The Balaban J connectivity index is 0. The molecule has 0 saturated carbocycles. The zero-order valence-corrected chi connectivity index (χ0v) is 12.9. The molecular formula is C11H14BrClMgO. The van der Waals surface area contributed by atoms with Gasteiger partial charge in [-0.05, 0) is 12.3 Å². The molecule has 0 amide bonds. The van der Waals surface area contributed by atoms with E-state index in [2.05, 4.69) is 19.9 Å². The van der Waals surface area contributed by atoms with Crippen LogP contribution in [0.2, 0.25) is 5.02 Å². The molecule has 0 aliphatic carbocycles. The van der Waals surface area contributed by atoms with E-state index in [0.29, 0.717) is 10.9 Å². The minimum absolute atomic E-state index is 0. The molecular weight excluding hydrogens is 288 g/mol. The van der Waals surface area contributed by atoms with Gasteiger partial charge in [-0.3, -0.25) is 0 Å². The Labute approximate surface area is 123 Å². The normalized spacial score (nSPS) is 9.07. The minimum atomic E-state index is 0. The summed E-state index contributed by atoms with van der Waals surface area (Å²) in [6.07, 6.45) is 1.07. The molecule has 0 radical (unpaired) electrons. The fourth-order valence-corrected chi connectivity index (χ4v) is 1.00. The molecule has 0 atom stereocenters. The van der Waals surface area contributed by atoms with Gasteiger partial charge in [-0.15, -0.1) is 12.1 Å². The van der Waals surface area contributed by atoms with Gasteiger partial charge in [0.25, 0.3) is 0 Å². The van der Waals surface area contributed by atoms with Crippen molar-refractivity contribution in [3.05, 3.63) is 29.3 Å². The van der Waals surface area contributed by atoms with E-state index in [-0.39, 0.29) is 40.0 Å². The number of hydrogen-bond donors (Lipinski definition) is 0. The van der Waals surface area contributed by atoms with E-state index in [1.807, 2.05) is 12.1 Å². The monoisotopic (exact) mass is 300 g/mol. The van der Waals surface area contributed by atoms with Crippen LogP contribution in [0.15, 0.2) is 18.2 Å². The molecule has 0 saturated heterocycles. The zero-order valence-electron chi connectivity index (χ0n) is 9.09. The Morgan fingerprint density at radius 1 is 1.40 bits per heavy atom. The average Bonchev–Trinajstić information content (AvgIpc) is 2.08. The minimum Gasteiger partial charge on any atom is -1.00 e. The largest absolute Gasteiger partial charge is 2.00 e. The van der Waals surface area contributed by atoms with Gasteiger partial charge in [0.2, 0.25) is 0 Å². The molecule has 0 aliphatic heterocycles. The first-order chi connectivity index (χ1) is 6.18. The van der Waals surface area contributed by atoms with Crippen molar-refractivity contribution in [3.8, 4) is 5.75 Å². The van der Waals surface area contributed by atoms with Crippen LogP contribution in [0.5, 0.6) is 5.75 Å². The van der Waals surface area contributed by atoms with Crippen LogP contribution in [0.4, 0.5) is 0 Å². The molecule has 1 aromatic carbocycles. The fraction of sp³-hybridized carbons (Fsp3) is 0.455. The van der Waals surface area contributed by atoms with E-state index in [9.17, 15) is 0 Å². The molecule has 0 fully saturated rings. The maximum absolute atomic E-state index is 5.71. The summed E-state index contributed by atoms with van der Waals surface area (Å²) >= 11 is 5.71. The molecule has 0 heterocycles. The fourth-order valence-electron chi connectivity index (χ4n) is 0.886. The molecule has 0 bridgehead atoms. The standard InChI is InChI=1S/C11H14ClO.BrH.Mg/c1-9(2)7-8-13-11-5-3-10(12)4-6-11;;/h3-5,9H,7-8H2,1-2H3;1H;/q-1;;+2/p-1. The van der Waals surface area contributed by atoms with Gasteiger partial charge in [-0.25, -0.2) is 0 Å². The molecule has 0 aliphatic rings. The molecule has 0 unspecified atom stereocenters. The van der Waals surface area contributed by atoms with E-state index in [1.54, 1.807) is 6.07 Å². The first-order valence-corrected chi connectivity index (χ1v) is 4.86. The molecule has 80 valence electrons. The van der Waals surface area contributed by atoms with Crippen LogP contribution in [0.25, 0.3) is 0 Å².